The van der Waals surface area contributed by atoms with Crippen LogP contribution in [0.5, 0.6) is 0 Å². The number of anilines is 1. The first-order valence-corrected chi connectivity index (χ1v) is 10.7. The number of nitrogens with one attached hydrogen (secondary N) is 2. The number of benzene rings is 1. The Labute approximate surface area is 179 Å². The van der Waals surface area contributed by atoms with Crippen molar-refractivity contribution in [2.24, 2.45) is 0 Å². The molecule has 0 bridgehead atoms. The predicted molar refractivity (Wildman–Crippen MR) is 113 cm³/mol. The fourth-order valence-electron chi connectivity index (χ4n) is 2.78. The summed E-state index contributed by atoms with van der Waals surface area (Å²) in [5.41, 5.74) is 1.67. The number of hydrogen-bond acceptors (Lipinski definition) is 6. The molecule has 1 amide bonds. The lowest BCUT2D eigenvalue weighted by Gasteiger charge is -2.17. The smallest absolute Gasteiger partial charge is 0.244 e. The van der Waals surface area contributed by atoms with Crippen molar-refractivity contribution in [3.63, 3.8) is 0 Å². The number of rotatable bonds is 7. The van der Waals surface area contributed by atoms with Gasteiger partial charge in [0.15, 0.2) is 0 Å². The van der Waals surface area contributed by atoms with Crippen LogP contribution in [0.25, 0.3) is 11.1 Å². The molecule has 0 aliphatic heterocycles. The molecule has 3 aromatic rings. The average molecular weight is 447 g/mol. The molecule has 30 heavy (non-hydrogen) atoms. The molecule has 1 aromatic carbocycles. The third-order valence-corrected chi connectivity index (χ3v) is 6.07. The lowest BCUT2D eigenvalue weighted by molar-refractivity contribution is -0.114. The molecule has 0 aliphatic carbocycles. The minimum atomic E-state index is -4.10. The highest BCUT2D eigenvalue weighted by atomic mass is 35.5. The zero-order valence-electron chi connectivity index (χ0n) is 15.9. The molecule has 1 atom stereocenters. The summed E-state index contributed by atoms with van der Waals surface area (Å²) in [7, 11) is -4.10. The van der Waals surface area contributed by atoms with E-state index in [9.17, 15) is 18.3 Å². The van der Waals surface area contributed by atoms with Crippen molar-refractivity contribution in [1.29, 1.82) is 0 Å². The minimum absolute atomic E-state index is 0.202. The van der Waals surface area contributed by atoms with E-state index in [1.54, 1.807) is 42.5 Å². The third kappa shape index (κ3) is 5.19. The zero-order chi connectivity index (χ0) is 21.7. The van der Waals surface area contributed by atoms with Gasteiger partial charge in [0, 0.05) is 24.9 Å². The Morgan fingerprint density at radius 2 is 1.87 bits per heavy atom. The molecular weight excluding hydrogens is 428 g/mol. The molecule has 0 saturated carbocycles. The van der Waals surface area contributed by atoms with Crippen LogP contribution in [-0.2, 0) is 14.8 Å². The molecular formula is C20H19ClN4O4S. The molecule has 0 radical (unpaired) electrons. The largest absolute Gasteiger partial charge is 0.394 e. The van der Waals surface area contributed by atoms with Crippen molar-refractivity contribution in [3.8, 4) is 11.1 Å². The van der Waals surface area contributed by atoms with Gasteiger partial charge in [-0.05, 0) is 29.3 Å². The summed E-state index contributed by atoms with van der Waals surface area (Å²) in [5, 5.41) is 12.0. The van der Waals surface area contributed by atoms with Gasteiger partial charge in [-0.25, -0.2) is 23.1 Å². The van der Waals surface area contributed by atoms with Crippen LogP contribution < -0.4 is 10.0 Å². The van der Waals surface area contributed by atoms with Gasteiger partial charge in [0.25, 0.3) is 0 Å². The van der Waals surface area contributed by atoms with E-state index in [1.807, 2.05) is 0 Å². The summed E-state index contributed by atoms with van der Waals surface area (Å²) in [6, 6.07) is 12.5. The Bertz CT molecular complexity index is 1160. The van der Waals surface area contributed by atoms with E-state index in [1.165, 1.54) is 25.4 Å². The van der Waals surface area contributed by atoms with Crippen LogP contribution in [0, 0.1) is 0 Å². The molecule has 0 unspecified atom stereocenters. The standard InChI is InChI=1S/C20H19ClN4O4S/c1-13(27)24-19-10-15(7-8-22-19)16-9-18(20(21)23-11-16)30(28,29)25-17(12-26)14-5-3-2-4-6-14/h2-11,17,25-26H,12H2,1H3,(H,22,24,27)/t17-/m0/s1. The van der Waals surface area contributed by atoms with Crippen LogP contribution in [0.15, 0.2) is 65.8 Å². The number of nitrogens with zero attached hydrogens (tertiary/aromatic N) is 2. The Morgan fingerprint density at radius 3 is 2.53 bits per heavy atom. The minimum Gasteiger partial charge on any atom is -0.394 e. The highest BCUT2D eigenvalue weighted by molar-refractivity contribution is 7.89. The van der Waals surface area contributed by atoms with E-state index in [0.29, 0.717) is 22.5 Å². The molecule has 3 N–H and O–H groups in total. The lowest BCUT2D eigenvalue weighted by Crippen LogP contribution is -2.31. The van der Waals surface area contributed by atoms with E-state index < -0.39 is 22.7 Å². The van der Waals surface area contributed by atoms with Crippen LogP contribution in [0.1, 0.15) is 18.5 Å². The number of aliphatic hydroxyl groups excluding tert-OH is 1. The van der Waals surface area contributed by atoms with E-state index in [-0.39, 0.29) is 16.0 Å². The van der Waals surface area contributed by atoms with Crippen molar-refractivity contribution in [2.75, 3.05) is 11.9 Å². The van der Waals surface area contributed by atoms with Gasteiger partial charge in [-0.2, -0.15) is 0 Å². The molecule has 2 aromatic heterocycles. The van der Waals surface area contributed by atoms with Gasteiger partial charge in [-0.1, -0.05) is 41.9 Å². The van der Waals surface area contributed by atoms with Gasteiger partial charge in [-0.3, -0.25) is 4.79 Å². The van der Waals surface area contributed by atoms with Crippen LogP contribution in [0.3, 0.4) is 0 Å². The van der Waals surface area contributed by atoms with Gasteiger partial charge in [0.1, 0.15) is 15.9 Å². The number of carbonyl (C=O) groups is 1. The van der Waals surface area contributed by atoms with Crippen molar-refractivity contribution < 1.29 is 18.3 Å². The normalized spacial score (nSPS) is 12.4. The summed E-state index contributed by atoms with van der Waals surface area (Å²) in [6.45, 7) is 0.928. The second-order valence-electron chi connectivity index (χ2n) is 6.39. The molecule has 10 heteroatoms. The molecule has 2 heterocycles. The Hall–Kier alpha value is -2.85. The van der Waals surface area contributed by atoms with E-state index >= 15 is 0 Å². The Kier molecular flexibility index (Phi) is 6.78. The summed E-state index contributed by atoms with van der Waals surface area (Å²) >= 11 is 6.08. The molecule has 0 saturated heterocycles. The van der Waals surface area contributed by atoms with E-state index in [4.69, 9.17) is 11.6 Å². The van der Waals surface area contributed by atoms with Crippen LogP contribution >= 0.6 is 11.6 Å². The lowest BCUT2D eigenvalue weighted by atomic mass is 10.1. The predicted octanol–water partition coefficient (Wildman–Crippen LogP) is 2.77. The van der Waals surface area contributed by atoms with Gasteiger partial charge in [0.05, 0.1) is 12.6 Å². The first kappa shape index (κ1) is 21.8. The van der Waals surface area contributed by atoms with Gasteiger partial charge >= 0.3 is 0 Å². The average Bonchev–Trinajstić information content (AvgIpc) is 2.72. The summed E-state index contributed by atoms with van der Waals surface area (Å²) < 4.78 is 28.4. The summed E-state index contributed by atoms with van der Waals surface area (Å²) in [5.74, 6) is 0.0409. The number of amides is 1. The first-order valence-electron chi connectivity index (χ1n) is 8.88. The fourth-order valence-corrected chi connectivity index (χ4v) is 4.46. The summed E-state index contributed by atoms with van der Waals surface area (Å²) in [4.78, 5) is 19.1. The SMILES string of the molecule is CC(=O)Nc1cc(-c2cnc(Cl)c(S(=O)(=O)N[C@@H](CO)c3ccccc3)c2)ccn1. The number of carbonyl (C=O) groups excluding carboxylic acids is 1. The number of pyridine rings is 2. The van der Waals surface area contributed by atoms with Crippen LogP contribution in [-0.4, -0.2) is 36.0 Å². The molecule has 156 valence electrons. The molecule has 0 spiro atoms. The summed E-state index contributed by atoms with van der Waals surface area (Å²) in [6.07, 6.45) is 2.91. The first-order chi connectivity index (χ1) is 14.3. The van der Waals surface area contributed by atoms with Crippen molar-refractivity contribution >= 4 is 33.3 Å². The van der Waals surface area contributed by atoms with E-state index in [0.717, 1.165) is 0 Å². The van der Waals surface area contributed by atoms with E-state index in [2.05, 4.69) is 20.0 Å². The highest BCUT2D eigenvalue weighted by Gasteiger charge is 2.24. The maximum Gasteiger partial charge on any atom is 0.244 e. The number of hydrogen-bond donors (Lipinski definition) is 3. The number of halogens is 1. The maximum atomic E-state index is 13.0. The molecule has 8 nitrogen and oxygen atoms in total. The number of aromatic nitrogens is 2. The van der Waals surface area contributed by atoms with Crippen LogP contribution in [0.4, 0.5) is 5.82 Å². The number of aliphatic hydroxyl groups is 1. The maximum absolute atomic E-state index is 13.0. The second kappa shape index (κ2) is 9.31. The number of sulfonamides is 1. The quantitative estimate of drug-likeness (QED) is 0.480. The van der Waals surface area contributed by atoms with Crippen LogP contribution in [0.2, 0.25) is 5.15 Å². The Balaban J connectivity index is 1.95. The van der Waals surface area contributed by atoms with Gasteiger partial charge in [-0.15, -0.1) is 0 Å². The fraction of sp³-hybridized carbons (Fsp3) is 0.150. The second-order valence-corrected chi connectivity index (χ2v) is 8.43. The van der Waals surface area contributed by atoms with Gasteiger partial charge in [0.2, 0.25) is 15.9 Å². The zero-order valence-corrected chi connectivity index (χ0v) is 17.5. The monoisotopic (exact) mass is 446 g/mol. The van der Waals surface area contributed by atoms with Crippen molar-refractivity contribution in [1.82, 2.24) is 14.7 Å². The molecule has 0 aliphatic rings. The van der Waals surface area contributed by atoms with Crippen molar-refractivity contribution in [2.45, 2.75) is 17.9 Å². The third-order valence-electron chi connectivity index (χ3n) is 4.18. The topological polar surface area (TPSA) is 121 Å². The molecule has 3 rings (SSSR count). The molecule has 0 fully saturated rings. The highest BCUT2D eigenvalue weighted by Crippen LogP contribution is 2.28. The Morgan fingerprint density at radius 1 is 1.13 bits per heavy atom. The van der Waals surface area contributed by atoms with Gasteiger partial charge < -0.3 is 10.4 Å². The van der Waals surface area contributed by atoms with Crippen molar-refractivity contribution in [3.05, 3.63) is 71.6 Å².